The molecule has 0 saturated carbocycles. The van der Waals surface area contributed by atoms with E-state index < -0.39 is 5.91 Å². The van der Waals surface area contributed by atoms with Gasteiger partial charge in [0.1, 0.15) is 22.2 Å². The number of hydrogen-bond acceptors (Lipinski definition) is 6. The third-order valence-corrected chi connectivity index (χ3v) is 5.75. The quantitative estimate of drug-likeness (QED) is 0.620. The first kappa shape index (κ1) is 19.8. The summed E-state index contributed by atoms with van der Waals surface area (Å²) in [5.74, 6) is -0.830. The number of nitriles is 1. The SMILES string of the molecule is Cc1c(C(=O)N(C)C)sc(NC(=O)c2cc3cc(Br)ccc3oc2=N)c1C#N. The van der Waals surface area contributed by atoms with Crippen molar-refractivity contribution in [2.45, 2.75) is 6.92 Å². The van der Waals surface area contributed by atoms with Crippen molar-refractivity contribution >= 4 is 55.1 Å². The van der Waals surface area contributed by atoms with Crippen LogP contribution in [0.3, 0.4) is 0 Å². The molecule has 7 nitrogen and oxygen atoms in total. The second kappa shape index (κ2) is 7.58. The molecule has 0 fully saturated rings. The minimum Gasteiger partial charge on any atom is -0.438 e. The summed E-state index contributed by atoms with van der Waals surface area (Å²) >= 11 is 4.40. The topological polar surface area (TPSA) is 110 Å². The number of carbonyl (C=O) groups excluding carboxylic acids is 2. The van der Waals surface area contributed by atoms with E-state index in [4.69, 9.17) is 9.83 Å². The Morgan fingerprint density at radius 2 is 2.04 bits per heavy atom. The van der Waals surface area contributed by atoms with Gasteiger partial charge in [-0.1, -0.05) is 15.9 Å². The molecule has 9 heteroatoms. The molecular formula is C19H15BrN4O3S. The molecule has 0 aliphatic rings. The summed E-state index contributed by atoms with van der Waals surface area (Å²) in [4.78, 5) is 26.8. The molecule has 3 aromatic rings. The van der Waals surface area contributed by atoms with Gasteiger partial charge in [0.15, 0.2) is 0 Å². The average Bonchev–Trinajstić information content (AvgIpc) is 2.95. The summed E-state index contributed by atoms with van der Waals surface area (Å²) < 4.78 is 6.24. The van der Waals surface area contributed by atoms with E-state index in [1.165, 1.54) is 4.90 Å². The molecule has 0 bridgehead atoms. The van der Waals surface area contributed by atoms with E-state index >= 15 is 0 Å². The number of thiophene rings is 1. The fraction of sp³-hybridized carbons (Fsp3) is 0.158. The molecule has 142 valence electrons. The standard InChI is InChI=1S/C19H15BrN4O3S/c1-9-13(8-21)18(28-15(9)19(26)24(2)3)23-17(25)12-7-10-6-11(20)4-5-14(10)27-16(12)22/h4-7,22H,1-3H3,(H,23,25). The first-order valence-corrected chi connectivity index (χ1v) is 9.68. The van der Waals surface area contributed by atoms with E-state index in [0.29, 0.717) is 21.4 Å². The maximum Gasteiger partial charge on any atom is 0.263 e. The Morgan fingerprint density at radius 1 is 1.32 bits per heavy atom. The maximum atomic E-state index is 12.8. The van der Waals surface area contributed by atoms with Crippen LogP contribution in [-0.2, 0) is 0 Å². The van der Waals surface area contributed by atoms with Gasteiger partial charge in [-0.05, 0) is 36.8 Å². The van der Waals surface area contributed by atoms with Gasteiger partial charge in [-0.15, -0.1) is 11.3 Å². The number of anilines is 1. The van der Waals surface area contributed by atoms with Crippen molar-refractivity contribution in [3.05, 3.63) is 55.9 Å². The zero-order valence-corrected chi connectivity index (χ0v) is 17.6. The van der Waals surface area contributed by atoms with Crippen LogP contribution in [0, 0.1) is 23.7 Å². The third kappa shape index (κ3) is 3.56. The van der Waals surface area contributed by atoms with Crippen LogP contribution in [0.5, 0.6) is 0 Å². The van der Waals surface area contributed by atoms with Crippen LogP contribution in [-0.4, -0.2) is 30.8 Å². The minimum absolute atomic E-state index is 0.0287. The van der Waals surface area contributed by atoms with Gasteiger partial charge in [-0.2, -0.15) is 5.26 Å². The van der Waals surface area contributed by atoms with Crippen molar-refractivity contribution in [1.82, 2.24) is 4.90 Å². The zero-order valence-electron chi connectivity index (χ0n) is 15.2. The number of halogens is 1. The second-order valence-corrected chi connectivity index (χ2v) is 8.13. The number of rotatable bonds is 3. The molecule has 0 atom stereocenters. The number of amides is 2. The molecular weight excluding hydrogens is 444 g/mol. The Balaban J connectivity index is 2.02. The van der Waals surface area contributed by atoms with Gasteiger partial charge in [0.05, 0.1) is 10.4 Å². The van der Waals surface area contributed by atoms with E-state index in [-0.39, 0.29) is 27.6 Å². The first-order valence-electron chi connectivity index (χ1n) is 8.07. The van der Waals surface area contributed by atoms with Gasteiger partial charge in [0.2, 0.25) is 5.55 Å². The Bertz CT molecular complexity index is 1220. The summed E-state index contributed by atoms with van der Waals surface area (Å²) in [6, 6.07) is 8.85. The molecule has 2 amide bonds. The highest BCUT2D eigenvalue weighted by atomic mass is 79.9. The molecule has 0 aliphatic heterocycles. The highest BCUT2D eigenvalue weighted by molar-refractivity contribution is 9.10. The fourth-order valence-electron chi connectivity index (χ4n) is 2.59. The van der Waals surface area contributed by atoms with Crippen LogP contribution in [0.2, 0.25) is 0 Å². The molecule has 2 aromatic heterocycles. The molecule has 0 aliphatic carbocycles. The third-order valence-electron chi connectivity index (χ3n) is 4.06. The Morgan fingerprint density at radius 3 is 2.68 bits per heavy atom. The van der Waals surface area contributed by atoms with E-state index in [1.807, 2.05) is 6.07 Å². The smallest absolute Gasteiger partial charge is 0.263 e. The molecule has 0 saturated heterocycles. The maximum absolute atomic E-state index is 12.8. The molecule has 28 heavy (non-hydrogen) atoms. The lowest BCUT2D eigenvalue weighted by Gasteiger charge is -2.08. The first-order chi connectivity index (χ1) is 13.2. The normalized spacial score (nSPS) is 10.5. The zero-order chi connectivity index (χ0) is 20.6. The molecule has 0 unspecified atom stereocenters. The van der Waals surface area contributed by atoms with E-state index in [2.05, 4.69) is 21.2 Å². The molecule has 2 heterocycles. The highest BCUT2D eigenvalue weighted by Gasteiger charge is 2.23. The van der Waals surface area contributed by atoms with E-state index in [0.717, 1.165) is 15.8 Å². The van der Waals surface area contributed by atoms with Gasteiger partial charge in [0.25, 0.3) is 11.8 Å². The predicted octanol–water partition coefficient (Wildman–Crippen LogP) is 3.87. The lowest BCUT2D eigenvalue weighted by atomic mass is 10.1. The van der Waals surface area contributed by atoms with E-state index in [1.54, 1.807) is 45.3 Å². The van der Waals surface area contributed by atoms with E-state index in [9.17, 15) is 14.9 Å². The average molecular weight is 459 g/mol. The number of nitrogens with one attached hydrogen (secondary N) is 2. The Hall–Kier alpha value is -2.96. The van der Waals surface area contributed by atoms with Gasteiger partial charge in [-0.25, -0.2) is 0 Å². The van der Waals surface area contributed by atoms with Crippen LogP contribution >= 0.6 is 27.3 Å². The van der Waals surface area contributed by atoms with Crippen molar-refractivity contribution in [2.24, 2.45) is 0 Å². The summed E-state index contributed by atoms with van der Waals surface area (Å²) in [5, 5.41) is 21.0. The summed E-state index contributed by atoms with van der Waals surface area (Å²) in [5.41, 5.74) is 0.966. The number of nitrogens with zero attached hydrogens (tertiary/aromatic N) is 2. The van der Waals surface area contributed by atoms with Crippen LogP contribution in [0.1, 0.15) is 31.2 Å². The van der Waals surface area contributed by atoms with Gasteiger partial charge in [0, 0.05) is 24.0 Å². The number of hydrogen-bond donors (Lipinski definition) is 2. The van der Waals surface area contributed by atoms with Crippen molar-refractivity contribution in [3.63, 3.8) is 0 Å². The van der Waals surface area contributed by atoms with Gasteiger partial charge >= 0.3 is 0 Å². The largest absolute Gasteiger partial charge is 0.438 e. The molecule has 1 aromatic carbocycles. The molecule has 0 spiro atoms. The van der Waals surface area contributed by atoms with Crippen molar-refractivity contribution in [1.29, 1.82) is 10.7 Å². The predicted molar refractivity (Wildman–Crippen MR) is 110 cm³/mol. The summed E-state index contributed by atoms with van der Waals surface area (Å²) in [6.07, 6.45) is 0. The summed E-state index contributed by atoms with van der Waals surface area (Å²) in [7, 11) is 3.24. The molecule has 2 N–H and O–H groups in total. The van der Waals surface area contributed by atoms with Gasteiger partial charge < -0.3 is 14.6 Å². The molecule has 0 radical (unpaired) electrons. The highest BCUT2D eigenvalue weighted by Crippen LogP contribution is 2.33. The van der Waals surface area contributed by atoms with Crippen LogP contribution < -0.4 is 10.9 Å². The second-order valence-electron chi connectivity index (χ2n) is 6.20. The number of carbonyl (C=O) groups is 2. The monoisotopic (exact) mass is 458 g/mol. The van der Waals surface area contributed by atoms with Crippen LogP contribution in [0.4, 0.5) is 5.00 Å². The van der Waals surface area contributed by atoms with Gasteiger partial charge in [-0.3, -0.25) is 15.0 Å². The summed E-state index contributed by atoms with van der Waals surface area (Å²) in [6.45, 7) is 1.67. The Kier molecular flexibility index (Phi) is 5.36. The number of benzene rings is 1. The minimum atomic E-state index is -0.586. The van der Waals surface area contributed by atoms with Crippen LogP contribution in [0.25, 0.3) is 11.0 Å². The molecule has 3 rings (SSSR count). The fourth-order valence-corrected chi connectivity index (χ4v) is 4.15. The van der Waals surface area contributed by atoms with Crippen molar-refractivity contribution in [3.8, 4) is 6.07 Å². The lowest BCUT2D eigenvalue weighted by molar-refractivity contribution is 0.0831. The van der Waals surface area contributed by atoms with Crippen LogP contribution in [0.15, 0.2) is 33.2 Å². The lowest BCUT2D eigenvalue weighted by Crippen LogP contribution is -2.21. The van der Waals surface area contributed by atoms with Crippen molar-refractivity contribution in [2.75, 3.05) is 19.4 Å². The Labute approximate surface area is 172 Å². The van der Waals surface area contributed by atoms with Crippen molar-refractivity contribution < 1.29 is 14.0 Å². The number of fused-ring (bicyclic) bond motifs is 1.